The molecule has 0 spiro atoms. The number of rotatable bonds is 11. The zero-order valence-corrected chi connectivity index (χ0v) is 30.8. The summed E-state index contributed by atoms with van der Waals surface area (Å²) in [4.78, 5) is 64.0. The van der Waals surface area contributed by atoms with Gasteiger partial charge in [0, 0.05) is 36.2 Å². The van der Waals surface area contributed by atoms with E-state index in [2.05, 4.69) is 31.5 Å². The Kier molecular flexibility index (Phi) is 11.9. The maximum absolute atomic E-state index is 13.8. The van der Waals surface area contributed by atoms with Crippen LogP contribution in [0.2, 0.25) is 0 Å². The summed E-state index contributed by atoms with van der Waals surface area (Å²) < 4.78 is 5.34. The van der Waals surface area contributed by atoms with E-state index >= 15 is 0 Å². The van der Waals surface area contributed by atoms with E-state index in [1.54, 1.807) is 18.2 Å². The first-order valence-electron chi connectivity index (χ1n) is 17.9. The molecule has 12 heteroatoms. The van der Waals surface area contributed by atoms with Gasteiger partial charge in [0.15, 0.2) is 0 Å². The van der Waals surface area contributed by atoms with Gasteiger partial charge in [0.05, 0.1) is 10.9 Å². The fraction of sp³-hybridized carbons (Fsp3) is 0.425. The second kappa shape index (κ2) is 16.3. The second-order valence-electron chi connectivity index (χ2n) is 15.0. The number of aromatic nitrogens is 2. The van der Waals surface area contributed by atoms with E-state index in [9.17, 15) is 24.0 Å². The number of fused-ring (bicyclic) bond motifs is 1. The molecule has 0 bridgehead atoms. The monoisotopic (exact) mass is 710 g/mol. The summed E-state index contributed by atoms with van der Waals surface area (Å²) in [5, 5.41) is 17.5. The standard InChI is InChI=1S/C40H50N6O6/c1-23(2)42-36(48)29-15-17-31(24(3)19-29)27-11-7-25(8-12-27)20-34(38(50)43-30-16-18-32-33(21-30)45-46-37(32)49)44-35(47)28-13-9-26(10-14-28)22-41-39(51)52-40(4,5)6/h7-8,11-12,15-19,21,23,26,28,34H,9-10,13-14,20,22H2,1-6H3,(H,41,51)(H,42,48)(H,43,50)(H,44,47)(H2,45,46,49)/t26?,28?,34-/m0/s1. The van der Waals surface area contributed by atoms with E-state index in [1.165, 1.54) is 0 Å². The molecule has 1 fully saturated rings. The van der Waals surface area contributed by atoms with Crippen LogP contribution in [-0.4, -0.2) is 58.2 Å². The van der Waals surface area contributed by atoms with Crippen LogP contribution in [0.3, 0.4) is 0 Å². The van der Waals surface area contributed by atoms with Crippen LogP contribution < -0.4 is 26.8 Å². The number of nitrogens with one attached hydrogen (secondary N) is 6. The molecule has 0 saturated heterocycles. The molecule has 0 unspecified atom stereocenters. The zero-order chi connectivity index (χ0) is 37.6. The molecule has 276 valence electrons. The normalized spacial score (nSPS) is 16.6. The Labute approximate surface area is 303 Å². The third kappa shape index (κ3) is 10.1. The second-order valence-corrected chi connectivity index (χ2v) is 15.0. The van der Waals surface area contributed by atoms with Crippen molar-refractivity contribution in [3.8, 4) is 11.1 Å². The van der Waals surface area contributed by atoms with Crippen molar-refractivity contribution in [1.82, 2.24) is 26.1 Å². The van der Waals surface area contributed by atoms with Gasteiger partial charge in [-0.2, -0.15) is 0 Å². The lowest BCUT2D eigenvalue weighted by molar-refractivity contribution is -0.130. The predicted molar refractivity (Wildman–Crippen MR) is 202 cm³/mol. The summed E-state index contributed by atoms with van der Waals surface area (Å²) in [7, 11) is 0. The number of ether oxygens (including phenoxy) is 1. The van der Waals surface area contributed by atoms with Gasteiger partial charge in [-0.15, -0.1) is 0 Å². The Bertz CT molecular complexity index is 1960. The topological polar surface area (TPSA) is 174 Å². The van der Waals surface area contributed by atoms with Crippen LogP contribution in [0, 0.1) is 18.8 Å². The fourth-order valence-electron chi connectivity index (χ4n) is 6.54. The molecular formula is C40H50N6O6. The Balaban J connectivity index is 1.26. The average molecular weight is 711 g/mol. The molecule has 1 atom stereocenters. The smallest absolute Gasteiger partial charge is 0.407 e. The summed E-state index contributed by atoms with van der Waals surface area (Å²) in [6.45, 7) is 11.8. The highest BCUT2D eigenvalue weighted by molar-refractivity contribution is 5.99. The van der Waals surface area contributed by atoms with Crippen molar-refractivity contribution in [1.29, 1.82) is 0 Å². The van der Waals surface area contributed by atoms with Crippen molar-refractivity contribution < 1.29 is 23.9 Å². The lowest BCUT2D eigenvalue weighted by Gasteiger charge is -2.29. The van der Waals surface area contributed by atoms with Gasteiger partial charge in [-0.25, -0.2) is 4.79 Å². The van der Waals surface area contributed by atoms with E-state index < -0.39 is 17.7 Å². The van der Waals surface area contributed by atoms with Crippen molar-refractivity contribution in [2.75, 3.05) is 11.9 Å². The molecule has 1 aliphatic rings. The quantitative estimate of drug-likeness (QED) is 0.112. The van der Waals surface area contributed by atoms with Gasteiger partial charge in [0.2, 0.25) is 11.8 Å². The molecular weight excluding hydrogens is 660 g/mol. The van der Waals surface area contributed by atoms with E-state index in [0.717, 1.165) is 35.1 Å². The molecule has 1 heterocycles. The number of carbonyl (C=O) groups is 4. The molecule has 4 aromatic rings. The summed E-state index contributed by atoms with van der Waals surface area (Å²) in [5.41, 5.74) is 4.60. The first kappa shape index (κ1) is 37.9. The average Bonchev–Trinajstić information content (AvgIpc) is 3.46. The Morgan fingerprint density at radius 1 is 0.885 bits per heavy atom. The zero-order valence-electron chi connectivity index (χ0n) is 30.8. The first-order chi connectivity index (χ1) is 24.6. The van der Waals surface area contributed by atoms with Crippen LogP contribution in [0.1, 0.15) is 81.8 Å². The molecule has 5 rings (SSSR count). The van der Waals surface area contributed by atoms with Crippen LogP contribution >= 0.6 is 0 Å². The lowest BCUT2D eigenvalue weighted by atomic mass is 9.81. The van der Waals surface area contributed by atoms with Crippen LogP contribution in [0.15, 0.2) is 65.5 Å². The van der Waals surface area contributed by atoms with Gasteiger partial charge in [0.25, 0.3) is 11.5 Å². The number of benzene rings is 3. The minimum absolute atomic E-state index is 0.0407. The highest BCUT2D eigenvalue weighted by Gasteiger charge is 2.30. The summed E-state index contributed by atoms with van der Waals surface area (Å²) in [5.74, 6) is -0.698. The molecule has 6 N–H and O–H groups in total. The number of hydrogen-bond donors (Lipinski definition) is 6. The molecule has 4 amide bonds. The Morgan fingerprint density at radius 2 is 1.60 bits per heavy atom. The molecule has 12 nitrogen and oxygen atoms in total. The van der Waals surface area contributed by atoms with Crippen LogP contribution in [0.4, 0.5) is 10.5 Å². The molecule has 1 saturated carbocycles. The minimum Gasteiger partial charge on any atom is -0.444 e. The molecule has 1 aliphatic carbocycles. The van der Waals surface area contributed by atoms with E-state index in [0.29, 0.717) is 41.5 Å². The lowest BCUT2D eigenvalue weighted by Crippen LogP contribution is -2.48. The van der Waals surface area contributed by atoms with Gasteiger partial charge in [0.1, 0.15) is 11.6 Å². The third-order valence-corrected chi connectivity index (χ3v) is 9.24. The van der Waals surface area contributed by atoms with Gasteiger partial charge < -0.3 is 26.0 Å². The molecule has 3 aromatic carbocycles. The van der Waals surface area contributed by atoms with Crippen LogP contribution in [-0.2, 0) is 20.7 Å². The summed E-state index contributed by atoms with van der Waals surface area (Å²) in [6.07, 6.45) is 2.63. The largest absolute Gasteiger partial charge is 0.444 e. The highest BCUT2D eigenvalue weighted by Crippen LogP contribution is 2.29. The number of amides is 4. The number of hydrogen-bond acceptors (Lipinski definition) is 6. The SMILES string of the molecule is Cc1cc(C(=O)NC(C)C)ccc1-c1ccc(C[C@H](NC(=O)C2CCC(CNC(=O)OC(C)(C)C)CC2)C(=O)Nc2ccc3c(=O)[nH][nH]c3c2)cc1. The number of aryl methyl sites for hydroxylation is 1. The number of H-pyrrole nitrogens is 2. The number of carbonyl (C=O) groups excluding carboxylic acids is 4. The van der Waals surface area contributed by atoms with E-state index in [4.69, 9.17) is 4.74 Å². The van der Waals surface area contributed by atoms with Crippen molar-refractivity contribution in [2.24, 2.45) is 11.8 Å². The molecule has 52 heavy (non-hydrogen) atoms. The summed E-state index contributed by atoms with van der Waals surface area (Å²) >= 11 is 0. The maximum atomic E-state index is 13.8. The van der Waals surface area contributed by atoms with Gasteiger partial charge in [-0.05, 0) is 126 Å². The third-order valence-electron chi connectivity index (χ3n) is 9.24. The van der Waals surface area contributed by atoms with Crippen molar-refractivity contribution >= 4 is 40.4 Å². The number of anilines is 1. The van der Waals surface area contributed by atoms with Crippen LogP contribution in [0.5, 0.6) is 0 Å². The Morgan fingerprint density at radius 3 is 2.25 bits per heavy atom. The number of aromatic amines is 2. The van der Waals surface area contributed by atoms with E-state index in [1.807, 2.05) is 84.0 Å². The van der Waals surface area contributed by atoms with Crippen molar-refractivity contribution in [2.45, 2.75) is 91.3 Å². The molecule has 0 aliphatic heterocycles. The van der Waals surface area contributed by atoms with Gasteiger partial charge >= 0.3 is 6.09 Å². The number of alkyl carbamates (subject to hydrolysis) is 1. The van der Waals surface area contributed by atoms with Crippen LogP contribution in [0.25, 0.3) is 22.0 Å². The van der Waals surface area contributed by atoms with Gasteiger partial charge in [-0.3, -0.25) is 29.4 Å². The fourth-order valence-corrected chi connectivity index (χ4v) is 6.54. The molecule has 1 aromatic heterocycles. The Hall–Kier alpha value is -5.39. The molecule has 0 radical (unpaired) electrons. The minimum atomic E-state index is -0.869. The predicted octanol–water partition coefficient (Wildman–Crippen LogP) is 5.97. The maximum Gasteiger partial charge on any atom is 0.407 e. The van der Waals surface area contributed by atoms with Gasteiger partial charge in [-0.1, -0.05) is 30.3 Å². The summed E-state index contributed by atoms with van der Waals surface area (Å²) in [6, 6.07) is 17.6. The van der Waals surface area contributed by atoms with Crippen molar-refractivity contribution in [3.05, 3.63) is 87.7 Å². The van der Waals surface area contributed by atoms with E-state index in [-0.39, 0.29) is 47.6 Å². The van der Waals surface area contributed by atoms with Crippen molar-refractivity contribution in [3.63, 3.8) is 0 Å². The highest BCUT2D eigenvalue weighted by atomic mass is 16.6. The first-order valence-corrected chi connectivity index (χ1v) is 17.9.